The molecule has 0 saturated carbocycles. The summed E-state index contributed by atoms with van der Waals surface area (Å²) in [7, 11) is 0. The van der Waals surface area contributed by atoms with Crippen LogP contribution in [0.5, 0.6) is 0 Å². The van der Waals surface area contributed by atoms with Crippen molar-refractivity contribution in [2.24, 2.45) is 10.3 Å². The molecule has 1 saturated heterocycles. The zero-order valence-corrected chi connectivity index (χ0v) is 16.2. The average Bonchev–Trinajstić information content (AvgIpc) is 2.57. The molecule has 1 aromatic carbocycles. The largest absolute Gasteiger partial charge is 0.591 e. The molecule has 2 rings (SSSR count). The summed E-state index contributed by atoms with van der Waals surface area (Å²) in [6, 6.07) is 4.52. The molecule has 1 aliphatic rings. The molecule has 8 heteroatoms. The molecule has 0 radical (unpaired) electrons. The Morgan fingerprint density at radius 3 is 2.69 bits per heavy atom. The average molecular weight is 383 g/mol. The van der Waals surface area contributed by atoms with Crippen molar-refractivity contribution in [1.29, 1.82) is 0 Å². The van der Waals surface area contributed by atoms with Gasteiger partial charge < -0.3 is 19.9 Å². The number of carbonyl (C=O) groups is 1. The first-order valence-corrected chi connectivity index (χ1v) is 9.75. The van der Waals surface area contributed by atoms with Gasteiger partial charge in [-0.2, -0.15) is 0 Å². The number of halogens is 1. The maximum Gasteiger partial charge on any atom is 0.404 e. The third kappa shape index (κ3) is 5.88. The Hall–Kier alpha value is -1.80. The van der Waals surface area contributed by atoms with Crippen molar-refractivity contribution in [1.82, 2.24) is 5.32 Å². The van der Waals surface area contributed by atoms with E-state index >= 15 is 0 Å². The predicted octanol–water partition coefficient (Wildman–Crippen LogP) is 3.19. The molecule has 144 valence electrons. The summed E-state index contributed by atoms with van der Waals surface area (Å²) < 4.78 is 29.5. The van der Waals surface area contributed by atoms with Crippen molar-refractivity contribution in [3.8, 4) is 0 Å². The molecule has 0 aromatic heterocycles. The van der Waals surface area contributed by atoms with Crippen LogP contribution >= 0.6 is 0 Å². The summed E-state index contributed by atoms with van der Waals surface area (Å²) in [6.07, 6.45) is 2.18. The maximum atomic E-state index is 13.7. The predicted molar refractivity (Wildman–Crippen MR) is 103 cm³/mol. The lowest BCUT2D eigenvalue weighted by Gasteiger charge is -2.34. The van der Waals surface area contributed by atoms with Crippen LogP contribution in [0, 0.1) is 11.7 Å². The second-order valence-corrected chi connectivity index (χ2v) is 9.35. The molecule has 1 heterocycles. The van der Waals surface area contributed by atoms with Crippen LogP contribution in [-0.4, -0.2) is 46.3 Å². The summed E-state index contributed by atoms with van der Waals surface area (Å²) >= 11 is -1.41. The van der Waals surface area contributed by atoms with E-state index < -0.39 is 22.2 Å². The molecule has 1 atom stereocenters. The highest BCUT2D eigenvalue weighted by atomic mass is 32.2. The van der Waals surface area contributed by atoms with Crippen molar-refractivity contribution < 1.29 is 18.8 Å². The molecule has 0 aliphatic carbocycles. The van der Waals surface area contributed by atoms with Crippen molar-refractivity contribution in [3.63, 3.8) is 0 Å². The second-order valence-electron chi connectivity index (χ2n) is 7.42. The fourth-order valence-corrected chi connectivity index (χ4v) is 3.31. The minimum absolute atomic E-state index is 0.299. The molecular weight excluding hydrogens is 357 g/mol. The van der Waals surface area contributed by atoms with E-state index in [2.05, 4.69) is 14.6 Å². The maximum absolute atomic E-state index is 13.7. The molecule has 0 bridgehead atoms. The molecule has 1 aromatic rings. The van der Waals surface area contributed by atoms with Gasteiger partial charge in [0.15, 0.2) is 0 Å². The number of rotatable bonds is 5. The lowest BCUT2D eigenvalue weighted by atomic mass is 9.96. The van der Waals surface area contributed by atoms with E-state index in [1.165, 1.54) is 18.3 Å². The topological polar surface area (TPSA) is 88.0 Å². The highest BCUT2D eigenvalue weighted by molar-refractivity contribution is 7.91. The van der Waals surface area contributed by atoms with Crippen LogP contribution in [-0.2, 0) is 11.4 Å². The van der Waals surface area contributed by atoms with Gasteiger partial charge in [-0.1, -0.05) is 4.40 Å². The Labute approximate surface area is 156 Å². The Bertz CT molecular complexity index is 656. The Kier molecular flexibility index (Phi) is 6.88. The summed E-state index contributed by atoms with van der Waals surface area (Å²) in [6.45, 7) is 7.46. The van der Waals surface area contributed by atoms with E-state index in [1.54, 1.807) is 6.07 Å². The summed E-state index contributed by atoms with van der Waals surface area (Å²) in [5.74, 6) is -0.0643. The van der Waals surface area contributed by atoms with Gasteiger partial charge in [0.1, 0.15) is 21.9 Å². The van der Waals surface area contributed by atoms with Crippen LogP contribution in [0.3, 0.4) is 0 Å². The van der Waals surface area contributed by atoms with Crippen LogP contribution < -0.4 is 10.2 Å². The van der Waals surface area contributed by atoms with Crippen molar-refractivity contribution in [3.05, 3.63) is 29.6 Å². The number of piperidine rings is 1. The lowest BCUT2D eigenvalue weighted by Crippen LogP contribution is -2.38. The lowest BCUT2D eigenvalue weighted by molar-refractivity contribution is 0.191. The molecule has 1 amide bonds. The molecular formula is C18H26FN3O3S. The Morgan fingerprint density at radius 2 is 2.12 bits per heavy atom. The van der Waals surface area contributed by atoms with Gasteiger partial charge in [0.25, 0.3) is 0 Å². The fraction of sp³-hybridized carbons (Fsp3) is 0.556. The van der Waals surface area contributed by atoms with Gasteiger partial charge in [0.2, 0.25) is 0 Å². The smallest absolute Gasteiger partial charge is 0.404 e. The molecule has 2 N–H and O–H groups in total. The van der Waals surface area contributed by atoms with Crippen LogP contribution in [0.1, 0.15) is 39.2 Å². The number of hydrogen-bond acceptors (Lipinski definition) is 4. The highest BCUT2D eigenvalue weighted by Crippen LogP contribution is 2.27. The molecule has 6 nitrogen and oxygen atoms in total. The van der Waals surface area contributed by atoms with Gasteiger partial charge >= 0.3 is 6.09 Å². The van der Waals surface area contributed by atoms with E-state index in [1.807, 2.05) is 20.8 Å². The van der Waals surface area contributed by atoms with Crippen LogP contribution in [0.4, 0.5) is 14.9 Å². The highest BCUT2D eigenvalue weighted by Gasteiger charge is 2.26. The van der Waals surface area contributed by atoms with E-state index in [0.29, 0.717) is 18.0 Å². The zero-order valence-electron chi connectivity index (χ0n) is 15.4. The number of amides is 1. The molecule has 26 heavy (non-hydrogen) atoms. The SMILES string of the molecule is CC(C)(C)[S+]([O-])/N=C/c1cc(F)ccc1N1CCC(CNC(=O)O)CC1. The van der Waals surface area contributed by atoms with Crippen molar-refractivity contribution >= 4 is 29.4 Å². The first-order valence-electron chi connectivity index (χ1n) is 8.64. The third-order valence-corrected chi connectivity index (χ3v) is 5.64. The standard InChI is InChI=1S/C18H26FN3O3S/c1-18(2,3)26(25)21-12-14-10-15(19)4-5-16(14)22-8-6-13(7-9-22)11-20-17(23)24/h4-5,10,12-13,20H,6-9,11H2,1-3H3,(H,23,24)/b21-12+. The summed E-state index contributed by atoms with van der Waals surface area (Å²) in [5.41, 5.74) is 1.45. The number of benzene rings is 1. The number of anilines is 1. The van der Waals surface area contributed by atoms with Crippen molar-refractivity contribution in [2.75, 3.05) is 24.5 Å². The number of carboxylic acid groups (broad SMARTS) is 1. The molecule has 1 unspecified atom stereocenters. The van der Waals surface area contributed by atoms with E-state index in [4.69, 9.17) is 5.11 Å². The zero-order chi connectivity index (χ0) is 19.3. The van der Waals surface area contributed by atoms with Gasteiger partial charge in [0.05, 0.1) is 6.21 Å². The van der Waals surface area contributed by atoms with E-state index in [0.717, 1.165) is 31.6 Å². The van der Waals surface area contributed by atoms with Crippen molar-refractivity contribution in [2.45, 2.75) is 38.4 Å². The number of nitrogens with zero attached hydrogens (tertiary/aromatic N) is 2. The summed E-state index contributed by atoms with van der Waals surface area (Å²) in [5, 5.41) is 11.1. The van der Waals surface area contributed by atoms with Gasteiger partial charge in [-0.3, -0.25) is 0 Å². The molecule has 0 spiro atoms. The Morgan fingerprint density at radius 1 is 1.46 bits per heavy atom. The third-order valence-electron chi connectivity index (χ3n) is 4.30. The normalized spacial score (nSPS) is 17.5. The van der Waals surface area contributed by atoms with Gasteiger partial charge in [-0.15, -0.1) is 0 Å². The first kappa shape index (κ1) is 20.5. The Balaban J connectivity index is 2.08. The number of hydrogen-bond donors (Lipinski definition) is 2. The minimum Gasteiger partial charge on any atom is -0.591 e. The van der Waals surface area contributed by atoms with Crippen LogP contribution in [0.15, 0.2) is 22.6 Å². The van der Waals surface area contributed by atoms with E-state index in [9.17, 15) is 13.7 Å². The monoisotopic (exact) mass is 383 g/mol. The summed E-state index contributed by atoms with van der Waals surface area (Å²) in [4.78, 5) is 12.7. The second kappa shape index (κ2) is 8.73. The molecule has 1 fully saturated rings. The fourth-order valence-electron chi connectivity index (χ4n) is 2.79. The molecule has 1 aliphatic heterocycles. The quantitative estimate of drug-likeness (QED) is 0.604. The minimum atomic E-state index is -1.41. The first-order chi connectivity index (χ1) is 12.2. The van der Waals surface area contributed by atoms with Crippen LogP contribution in [0.2, 0.25) is 0 Å². The van der Waals surface area contributed by atoms with Gasteiger partial charge in [-0.05, 0) is 57.7 Å². The van der Waals surface area contributed by atoms with Crippen LogP contribution in [0.25, 0.3) is 0 Å². The van der Waals surface area contributed by atoms with Gasteiger partial charge in [-0.25, -0.2) is 9.18 Å². The number of nitrogens with one attached hydrogen (secondary N) is 1. The van der Waals surface area contributed by atoms with Gasteiger partial charge in [0, 0.05) is 30.9 Å². The van der Waals surface area contributed by atoms with E-state index in [-0.39, 0.29) is 5.82 Å².